The molecule has 37 heavy (non-hydrogen) atoms. The Morgan fingerprint density at radius 3 is 2.43 bits per heavy atom. The van der Waals surface area contributed by atoms with Gasteiger partial charge in [-0.05, 0) is 70.8 Å². The summed E-state index contributed by atoms with van der Waals surface area (Å²) in [5, 5.41) is 14.5. The maximum absolute atomic E-state index is 13.3. The van der Waals surface area contributed by atoms with Crippen molar-refractivity contribution in [2.24, 2.45) is 11.8 Å². The molecule has 2 aromatic carbocycles. The lowest BCUT2D eigenvalue weighted by atomic mass is 10.0. The molecule has 2 saturated heterocycles. The van der Waals surface area contributed by atoms with Crippen LogP contribution < -0.4 is 19.7 Å². The van der Waals surface area contributed by atoms with E-state index in [0.29, 0.717) is 43.7 Å². The van der Waals surface area contributed by atoms with Crippen LogP contribution in [-0.4, -0.2) is 85.8 Å². The van der Waals surface area contributed by atoms with E-state index in [0.717, 1.165) is 61.4 Å². The molecule has 0 bridgehead atoms. The summed E-state index contributed by atoms with van der Waals surface area (Å²) in [6.45, 7) is 8.22. The molecule has 2 aromatic rings. The summed E-state index contributed by atoms with van der Waals surface area (Å²) in [6, 6.07) is 14.0. The maximum Gasteiger partial charge on any atom is 0.256 e. The number of anilines is 1. The van der Waals surface area contributed by atoms with Crippen LogP contribution in [0.4, 0.5) is 5.69 Å². The molecule has 7 rings (SSSR count). The fourth-order valence-electron chi connectivity index (χ4n) is 6.27. The molecule has 194 valence electrons. The summed E-state index contributed by atoms with van der Waals surface area (Å²) in [6.07, 6.45) is -1.13. The molecule has 5 aliphatic rings. The number of benzene rings is 2. The molecule has 0 aromatic heterocycles. The molecule has 8 nitrogen and oxygen atoms in total. The van der Waals surface area contributed by atoms with Crippen molar-refractivity contribution in [2.45, 2.75) is 11.0 Å². The number of hydrogen-bond donors (Lipinski definition) is 2. The predicted octanol–water partition coefficient (Wildman–Crippen LogP) is 2.31. The van der Waals surface area contributed by atoms with Crippen molar-refractivity contribution < 1.29 is 19.4 Å². The van der Waals surface area contributed by atoms with Crippen LogP contribution in [0.5, 0.6) is 11.5 Å². The first-order valence-corrected chi connectivity index (χ1v) is 13.9. The van der Waals surface area contributed by atoms with Crippen LogP contribution >= 0.6 is 11.9 Å². The lowest BCUT2D eigenvalue weighted by Crippen LogP contribution is -2.36. The SMILES string of the molecule is O=C(C(O)c1cccc(N2CC3CNCC3C2)c1)N1CC2=C(CN(Sc3ccc4c(c3)OCCO4)C2)C1. The number of nitrogens with zero attached hydrogens (tertiary/aromatic N) is 3. The first-order chi connectivity index (χ1) is 18.1. The minimum atomic E-state index is -1.13. The van der Waals surface area contributed by atoms with Gasteiger partial charge in [0.25, 0.3) is 5.91 Å². The summed E-state index contributed by atoms with van der Waals surface area (Å²) < 4.78 is 13.7. The van der Waals surface area contributed by atoms with Gasteiger partial charge in [-0.2, -0.15) is 0 Å². The predicted molar refractivity (Wildman–Crippen MR) is 142 cm³/mol. The molecular formula is C28H32N4O4S. The number of carbonyl (C=O) groups is 1. The quantitative estimate of drug-likeness (QED) is 0.460. The number of amides is 1. The van der Waals surface area contributed by atoms with E-state index in [9.17, 15) is 9.90 Å². The molecular weight excluding hydrogens is 488 g/mol. The highest BCUT2D eigenvalue weighted by Crippen LogP contribution is 2.39. The van der Waals surface area contributed by atoms with Gasteiger partial charge in [0.1, 0.15) is 13.2 Å². The van der Waals surface area contributed by atoms with Gasteiger partial charge in [-0.25, -0.2) is 4.31 Å². The van der Waals surface area contributed by atoms with Gasteiger partial charge >= 0.3 is 0 Å². The number of carbonyl (C=O) groups excluding carboxylic acids is 1. The van der Waals surface area contributed by atoms with Crippen molar-refractivity contribution in [3.63, 3.8) is 0 Å². The smallest absolute Gasteiger partial charge is 0.256 e. The van der Waals surface area contributed by atoms with Gasteiger partial charge in [-0.1, -0.05) is 12.1 Å². The van der Waals surface area contributed by atoms with Gasteiger partial charge in [-0.3, -0.25) is 4.79 Å². The Hall–Kier alpha value is -2.72. The van der Waals surface area contributed by atoms with Crippen molar-refractivity contribution in [1.82, 2.24) is 14.5 Å². The molecule has 2 N–H and O–H groups in total. The topological polar surface area (TPSA) is 77.5 Å². The van der Waals surface area contributed by atoms with Crippen molar-refractivity contribution in [2.75, 3.05) is 70.5 Å². The van der Waals surface area contributed by atoms with Crippen LogP contribution in [0.15, 0.2) is 58.5 Å². The van der Waals surface area contributed by atoms with Gasteiger partial charge in [0.15, 0.2) is 17.6 Å². The summed E-state index contributed by atoms with van der Waals surface area (Å²) in [4.78, 5) is 18.6. The second kappa shape index (κ2) is 9.54. The van der Waals surface area contributed by atoms with Crippen LogP contribution in [-0.2, 0) is 4.79 Å². The number of nitrogens with one attached hydrogen (secondary N) is 1. The standard InChI is InChI=1S/C28H32N4O4S/c33-27(18-2-1-3-23(8-18)30-12-19-10-29-11-20(19)13-30)28(34)31-14-21-16-32(17-22(21)15-31)37-24-4-5-25-26(9-24)36-7-6-35-25/h1-5,8-9,19-20,27,29,33H,6-7,10-17H2. The molecule has 1 amide bonds. The van der Waals surface area contributed by atoms with Crippen molar-refractivity contribution in [1.29, 1.82) is 0 Å². The second-order valence-electron chi connectivity index (χ2n) is 10.7. The van der Waals surface area contributed by atoms with E-state index in [-0.39, 0.29) is 5.91 Å². The van der Waals surface area contributed by atoms with E-state index >= 15 is 0 Å². The molecule has 3 atom stereocenters. The van der Waals surface area contributed by atoms with Crippen molar-refractivity contribution in [3.05, 3.63) is 59.2 Å². The number of ether oxygens (including phenoxy) is 2. The van der Waals surface area contributed by atoms with Crippen molar-refractivity contribution >= 4 is 23.5 Å². The Morgan fingerprint density at radius 1 is 0.946 bits per heavy atom. The fourth-order valence-corrected chi connectivity index (χ4v) is 7.30. The Bertz CT molecular complexity index is 1220. The first-order valence-electron chi connectivity index (χ1n) is 13.2. The second-order valence-corrected chi connectivity index (χ2v) is 11.8. The normalized spacial score (nSPS) is 25.5. The zero-order chi connectivity index (χ0) is 24.9. The molecule has 0 aliphatic carbocycles. The van der Waals surface area contributed by atoms with Gasteiger partial charge in [0.05, 0.1) is 0 Å². The fraction of sp³-hybridized carbons (Fsp3) is 0.464. The number of hydrogen-bond acceptors (Lipinski definition) is 8. The van der Waals surface area contributed by atoms with E-state index in [2.05, 4.69) is 26.7 Å². The van der Waals surface area contributed by atoms with E-state index in [1.165, 1.54) is 11.1 Å². The molecule has 0 saturated carbocycles. The van der Waals surface area contributed by atoms with Crippen LogP contribution in [0.1, 0.15) is 11.7 Å². The number of fused-ring (bicyclic) bond motifs is 2. The van der Waals surface area contributed by atoms with Gasteiger partial charge in [0.2, 0.25) is 0 Å². The molecule has 0 spiro atoms. The zero-order valence-corrected chi connectivity index (χ0v) is 21.6. The van der Waals surface area contributed by atoms with E-state index < -0.39 is 6.10 Å². The molecule has 5 aliphatic heterocycles. The van der Waals surface area contributed by atoms with E-state index in [4.69, 9.17) is 9.47 Å². The molecule has 0 radical (unpaired) electrons. The average Bonchev–Trinajstić information content (AvgIpc) is 3.68. The minimum Gasteiger partial charge on any atom is -0.486 e. The lowest BCUT2D eigenvalue weighted by Gasteiger charge is -2.25. The maximum atomic E-state index is 13.3. The van der Waals surface area contributed by atoms with E-state index in [1.54, 1.807) is 16.8 Å². The Morgan fingerprint density at radius 2 is 1.68 bits per heavy atom. The van der Waals surface area contributed by atoms with Crippen LogP contribution in [0.2, 0.25) is 0 Å². The van der Waals surface area contributed by atoms with Crippen molar-refractivity contribution in [3.8, 4) is 11.5 Å². The lowest BCUT2D eigenvalue weighted by molar-refractivity contribution is -0.139. The Kier molecular flexibility index (Phi) is 6.04. The van der Waals surface area contributed by atoms with E-state index in [1.807, 2.05) is 30.3 Å². The Labute approximate surface area is 221 Å². The highest BCUT2D eigenvalue weighted by Gasteiger charge is 2.37. The van der Waals surface area contributed by atoms with Crippen LogP contribution in [0, 0.1) is 11.8 Å². The molecule has 9 heteroatoms. The average molecular weight is 521 g/mol. The first kappa shape index (κ1) is 23.4. The number of rotatable bonds is 5. The van der Waals surface area contributed by atoms with Crippen LogP contribution in [0.3, 0.4) is 0 Å². The number of aliphatic hydroxyl groups is 1. The summed E-state index contributed by atoms with van der Waals surface area (Å²) in [5.41, 5.74) is 4.36. The summed E-state index contributed by atoms with van der Waals surface area (Å²) in [5.74, 6) is 2.79. The van der Waals surface area contributed by atoms with Gasteiger partial charge < -0.3 is 29.7 Å². The zero-order valence-electron chi connectivity index (χ0n) is 20.8. The Balaban J connectivity index is 0.953. The van der Waals surface area contributed by atoms with Gasteiger partial charge in [0, 0.05) is 62.9 Å². The molecule has 2 fully saturated rings. The van der Waals surface area contributed by atoms with Crippen LogP contribution in [0.25, 0.3) is 0 Å². The molecule has 5 heterocycles. The summed E-state index contributed by atoms with van der Waals surface area (Å²) >= 11 is 1.71. The number of aliphatic hydroxyl groups excluding tert-OH is 1. The highest BCUT2D eigenvalue weighted by atomic mass is 32.2. The monoisotopic (exact) mass is 520 g/mol. The minimum absolute atomic E-state index is 0.208. The molecule has 3 unspecified atom stereocenters. The summed E-state index contributed by atoms with van der Waals surface area (Å²) in [7, 11) is 0. The van der Waals surface area contributed by atoms with Gasteiger partial charge in [-0.15, -0.1) is 0 Å². The highest BCUT2D eigenvalue weighted by molar-refractivity contribution is 7.97. The third kappa shape index (κ3) is 4.48. The largest absolute Gasteiger partial charge is 0.486 e. The third-order valence-corrected chi connectivity index (χ3v) is 9.21. The third-order valence-electron chi connectivity index (χ3n) is 8.23.